The van der Waals surface area contributed by atoms with Gasteiger partial charge >= 0.3 is 5.97 Å². The number of rotatable bonds is 11. The van der Waals surface area contributed by atoms with E-state index < -0.39 is 55.0 Å². The van der Waals surface area contributed by atoms with Crippen molar-refractivity contribution in [3.8, 4) is 0 Å². The molecule has 10 heteroatoms. The van der Waals surface area contributed by atoms with Crippen LogP contribution in [0.15, 0.2) is 0 Å². The van der Waals surface area contributed by atoms with Crippen LogP contribution < -0.4 is 21.7 Å². The van der Waals surface area contributed by atoms with Crippen LogP contribution in [0.5, 0.6) is 0 Å². The van der Waals surface area contributed by atoms with Gasteiger partial charge in [-0.15, -0.1) is 0 Å². The molecule has 150 valence electrons. The minimum atomic E-state index is -1.26. The van der Waals surface area contributed by atoms with Crippen LogP contribution in [0.4, 0.5) is 0 Å². The SMILES string of the molecule is CC(C)CC(NC(=O)CNC(=O)C(CO)NC(=O)C(N)C(C)C)C(=O)O. The van der Waals surface area contributed by atoms with E-state index in [4.69, 9.17) is 10.8 Å². The maximum atomic E-state index is 12.0. The van der Waals surface area contributed by atoms with E-state index in [1.807, 2.05) is 13.8 Å². The predicted octanol–water partition coefficient (Wildman–Crippen LogP) is -1.82. The van der Waals surface area contributed by atoms with Crippen LogP contribution in [0.2, 0.25) is 0 Å². The number of hydrogen-bond acceptors (Lipinski definition) is 6. The van der Waals surface area contributed by atoms with Gasteiger partial charge in [0.1, 0.15) is 12.1 Å². The lowest BCUT2D eigenvalue weighted by atomic mass is 10.0. The first kappa shape index (κ1) is 23.8. The number of hydrogen-bond donors (Lipinski definition) is 6. The second-order valence-electron chi connectivity index (χ2n) is 6.82. The van der Waals surface area contributed by atoms with Gasteiger partial charge in [0, 0.05) is 0 Å². The molecule has 0 heterocycles. The van der Waals surface area contributed by atoms with Crippen LogP contribution in [0.3, 0.4) is 0 Å². The fourth-order valence-electron chi connectivity index (χ4n) is 1.99. The van der Waals surface area contributed by atoms with Crippen LogP contribution in [-0.4, -0.2) is 65.2 Å². The molecule has 0 rings (SSSR count). The van der Waals surface area contributed by atoms with Crippen molar-refractivity contribution in [1.29, 1.82) is 0 Å². The molecule has 0 aliphatic carbocycles. The molecule has 3 unspecified atom stereocenters. The average molecular weight is 374 g/mol. The molecular formula is C16H30N4O6. The first-order valence-electron chi connectivity index (χ1n) is 8.46. The Hall–Kier alpha value is -2.20. The molecule has 0 aromatic carbocycles. The molecule has 3 atom stereocenters. The van der Waals surface area contributed by atoms with Crippen molar-refractivity contribution in [2.24, 2.45) is 17.6 Å². The highest BCUT2D eigenvalue weighted by molar-refractivity contribution is 5.92. The van der Waals surface area contributed by atoms with E-state index in [2.05, 4.69) is 16.0 Å². The van der Waals surface area contributed by atoms with Crippen molar-refractivity contribution < 1.29 is 29.4 Å². The molecule has 0 fully saturated rings. The van der Waals surface area contributed by atoms with E-state index in [0.29, 0.717) is 0 Å². The van der Waals surface area contributed by atoms with Gasteiger partial charge in [0.05, 0.1) is 19.2 Å². The van der Waals surface area contributed by atoms with E-state index in [9.17, 15) is 24.3 Å². The Morgan fingerprint density at radius 1 is 0.962 bits per heavy atom. The summed E-state index contributed by atoms with van der Waals surface area (Å²) in [5.41, 5.74) is 5.66. The van der Waals surface area contributed by atoms with Gasteiger partial charge in [-0.05, 0) is 18.3 Å². The van der Waals surface area contributed by atoms with Crippen LogP contribution in [0.1, 0.15) is 34.1 Å². The third kappa shape index (κ3) is 8.77. The van der Waals surface area contributed by atoms with E-state index >= 15 is 0 Å². The molecule has 26 heavy (non-hydrogen) atoms. The van der Waals surface area contributed by atoms with Crippen LogP contribution in [0, 0.1) is 11.8 Å². The number of aliphatic hydroxyl groups excluding tert-OH is 1. The molecule has 0 aromatic heterocycles. The number of amides is 3. The van der Waals surface area contributed by atoms with Gasteiger partial charge in [-0.25, -0.2) is 4.79 Å². The fraction of sp³-hybridized carbons (Fsp3) is 0.750. The molecule has 0 aliphatic heterocycles. The Labute approximate surface area is 152 Å². The van der Waals surface area contributed by atoms with E-state index in [1.165, 1.54) is 0 Å². The summed E-state index contributed by atoms with van der Waals surface area (Å²) < 4.78 is 0. The van der Waals surface area contributed by atoms with Crippen LogP contribution in [-0.2, 0) is 19.2 Å². The highest BCUT2D eigenvalue weighted by Crippen LogP contribution is 2.04. The fourth-order valence-corrected chi connectivity index (χ4v) is 1.99. The van der Waals surface area contributed by atoms with Crippen molar-refractivity contribution in [2.75, 3.05) is 13.2 Å². The molecule has 10 nitrogen and oxygen atoms in total. The van der Waals surface area contributed by atoms with E-state index in [0.717, 1.165) is 0 Å². The third-order valence-electron chi connectivity index (χ3n) is 3.60. The maximum Gasteiger partial charge on any atom is 0.326 e. The quantitative estimate of drug-likeness (QED) is 0.247. The second-order valence-corrected chi connectivity index (χ2v) is 6.82. The summed E-state index contributed by atoms with van der Waals surface area (Å²) in [4.78, 5) is 46.8. The normalized spacial score (nSPS) is 14.5. The molecule has 0 saturated heterocycles. The van der Waals surface area contributed by atoms with Gasteiger partial charge in [-0.1, -0.05) is 27.7 Å². The van der Waals surface area contributed by atoms with Gasteiger partial charge in [-0.2, -0.15) is 0 Å². The van der Waals surface area contributed by atoms with Crippen LogP contribution >= 0.6 is 0 Å². The summed E-state index contributed by atoms with van der Waals surface area (Å²) in [5.74, 6) is -3.32. The topological polar surface area (TPSA) is 171 Å². The zero-order chi connectivity index (χ0) is 20.4. The zero-order valence-electron chi connectivity index (χ0n) is 15.6. The lowest BCUT2D eigenvalue weighted by Crippen LogP contribution is -2.55. The molecule has 0 aliphatic rings. The Morgan fingerprint density at radius 3 is 1.96 bits per heavy atom. The van der Waals surface area contributed by atoms with Crippen molar-refractivity contribution in [2.45, 2.75) is 52.2 Å². The Kier molecular flexibility index (Phi) is 10.5. The number of nitrogens with one attached hydrogen (secondary N) is 3. The average Bonchev–Trinajstić information content (AvgIpc) is 2.55. The largest absolute Gasteiger partial charge is 0.480 e. The standard InChI is InChI=1S/C16H30N4O6/c1-8(2)5-10(16(25)26)19-12(22)6-18-14(23)11(7-21)20-15(24)13(17)9(3)4/h8-11,13,21H,5-7,17H2,1-4H3,(H,18,23)(H,19,22)(H,20,24)(H,25,26). The van der Waals surface area contributed by atoms with E-state index in [1.54, 1.807) is 13.8 Å². The minimum absolute atomic E-state index is 0.0603. The van der Waals surface area contributed by atoms with E-state index in [-0.39, 0.29) is 18.3 Å². The number of carboxylic acids is 1. The molecular weight excluding hydrogens is 344 g/mol. The first-order chi connectivity index (χ1) is 12.0. The molecule has 0 saturated carbocycles. The summed E-state index contributed by atoms with van der Waals surface area (Å²) >= 11 is 0. The molecule has 0 aromatic rings. The lowest BCUT2D eigenvalue weighted by Gasteiger charge is -2.21. The predicted molar refractivity (Wildman–Crippen MR) is 93.9 cm³/mol. The molecule has 0 spiro atoms. The van der Waals surface area contributed by atoms with Crippen molar-refractivity contribution in [3.63, 3.8) is 0 Å². The number of nitrogens with two attached hydrogens (primary N) is 1. The van der Waals surface area contributed by atoms with Crippen molar-refractivity contribution in [3.05, 3.63) is 0 Å². The number of carboxylic acid groups (broad SMARTS) is 1. The number of aliphatic carboxylic acids is 1. The highest BCUT2D eigenvalue weighted by Gasteiger charge is 2.26. The van der Waals surface area contributed by atoms with Crippen molar-refractivity contribution >= 4 is 23.7 Å². The monoisotopic (exact) mass is 374 g/mol. The van der Waals surface area contributed by atoms with Gasteiger partial charge < -0.3 is 31.9 Å². The van der Waals surface area contributed by atoms with Gasteiger partial charge in [0.15, 0.2) is 0 Å². The number of aliphatic hydroxyl groups is 1. The molecule has 3 amide bonds. The number of carbonyl (C=O) groups is 4. The highest BCUT2D eigenvalue weighted by atomic mass is 16.4. The van der Waals surface area contributed by atoms with Gasteiger partial charge in [-0.3, -0.25) is 14.4 Å². The Morgan fingerprint density at radius 2 is 1.54 bits per heavy atom. The first-order valence-corrected chi connectivity index (χ1v) is 8.46. The third-order valence-corrected chi connectivity index (χ3v) is 3.60. The summed E-state index contributed by atoms with van der Waals surface area (Å²) in [5, 5.41) is 25.2. The second kappa shape index (κ2) is 11.4. The zero-order valence-corrected chi connectivity index (χ0v) is 15.6. The number of carbonyl (C=O) groups excluding carboxylic acids is 3. The summed E-state index contributed by atoms with van der Waals surface area (Å²) in [6.07, 6.45) is 0.247. The summed E-state index contributed by atoms with van der Waals surface area (Å²) in [7, 11) is 0. The van der Waals surface area contributed by atoms with Crippen LogP contribution in [0.25, 0.3) is 0 Å². The Bertz CT molecular complexity index is 509. The van der Waals surface area contributed by atoms with Gasteiger partial charge in [0.25, 0.3) is 0 Å². The minimum Gasteiger partial charge on any atom is -0.480 e. The molecule has 0 radical (unpaired) electrons. The molecule has 0 bridgehead atoms. The lowest BCUT2D eigenvalue weighted by molar-refractivity contribution is -0.142. The maximum absolute atomic E-state index is 12.0. The Balaban J connectivity index is 4.57. The van der Waals surface area contributed by atoms with Gasteiger partial charge in [0.2, 0.25) is 17.7 Å². The summed E-state index contributed by atoms with van der Waals surface area (Å²) in [6.45, 7) is 5.95. The summed E-state index contributed by atoms with van der Waals surface area (Å²) in [6, 6.07) is -3.16. The smallest absolute Gasteiger partial charge is 0.326 e. The van der Waals surface area contributed by atoms with Crippen molar-refractivity contribution in [1.82, 2.24) is 16.0 Å². The molecule has 7 N–H and O–H groups in total.